The Bertz CT molecular complexity index is 440. The zero-order chi connectivity index (χ0) is 15.5. The van der Waals surface area contributed by atoms with Crippen LogP contribution < -0.4 is 15.8 Å². The molecular formula is C14H22BrClN2O3S. The first-order valence-corrected chi connectivity index (χ1v) is 8.56. The van der Waals surface area contributed by atoms with E-state index in [1.807, 2.05) is 24.3 Å². The van der Waals surface area contributed by atoms with E-state index in [4.69, 9.17) is 15.2 Å². The van der Waals surface area contributed by atoms with Crippen LogP contribution in [0.15, 0.2) is 28.7 Å². The van der Waals surface area contributed by atoms with Crippen LogP contribution in [0, 0.1) is 0 Å². The Hall–Kier alpha value is -0.470. The van der Waals surface area contributed by atoms with Crippen LogP contribution in [0.1, 0.15) is 0 Å². The van der Waals surface area contributed by atoms with Gasteiger partial charge in [-0.05, 0) is 18.2 Å². The molecule has 0 aromatic heterocycles. The molecule has 1 atom stereocenters. The lowest BCUT2D eigenvalue weighted by Crippen LogP contribution is -2.44. The lowest BCUT2D eigenvalue weighted by atomic mass is 10.3. The van der Waals surface area contributed by atoms with Crippen LogP contribution in [0.25, 0.3) is 0 Å². The highest BCUT2D eigenvalue weighted by atomic mass is 79.9. The van der Waals surface area contributed by atoms with Crippen LogP contribution in [0.3, 0.4) is 0 Å². The largest absolute Gasteiger partial charge is 0.493 e. The number of thioether (sulfide) groups is 1. The van der Waals surface area contributed by atoms with Gasteiger partial charge in [0.1, 0.15) is 11.8 Å². The zero-order valence-electron chi connectivity index (χ0n) is 12.4. The highest BCUT2D eigenvalue weighted by Gasteiger charge is 2.11. The lowest BCUT2D eigenvalue weighted by Gasteiger charge is -2.11. The number of nitrogens with two attached hydrogens (primary N) is 1. The molecule has 0 radical (unpaired) electrons. The molecule has 5 nitrogen and oxygen atoms in total. The number of carbonyl (C=O) groups excluding carboxylic acids is 1. The number of benzene rings is 1. The first-order valence-electron chi connectivity index (χ1n) is 6.62. The summed E-state index contributed by atoms with van der Waals surface area (Å²) in [5.41, 5.74) is 5.60. The van der Waals surface area contributed by atoms with Crippen molar-refractivity contribution in [2.45, 2.75) is 6.04 Å². The molecule has 0 saturated heterocycles. The van der Waals surface area contributed by atoms with Gasteiger partial charge in [0.15, 0.2) is 0 Å². The molecule has 1 unspecified atom stereocenters. The van der Waals surface area contributed by atoms with E-state index >= 15 is 0 Å². The van der Waals surface area contributed by atoms with Gasteiger partial charge in [-0.15, -0.1) is 12.4 Å². The third-order valence-electron chi connectivity index (χ3n) is 2.52. The molecule has 1 amide bonds. The van der Waals surface area contributed by atoms with Gasteiger partial charge in [0.2, 0.25) is 5.91 Å². The first-order chi connectivity index (χ1) is 10.1. The number of ether oxygens (including phenoxy) is 2. The van der Waals surface area contributed by atoms with E-state index in [-0.39, 0.29) is 24.9 Å². The topological polar surface area (TPSA) is 73.6 Å². The minimum absolute atomic E-state index is 0. The number of nitrogens with one attached hydrogen (secondary N) is 1. The number of methoxy groups -OCH3 is 1. The summed E-state index contributed by atoms with van der Waals surface area (Å²) in [4.78, 5) is 11.5. The van der Waals surface area contributed by atoms with E-state index in [2.05, 4.69) is 21.2 Å². The Morgan fingerprint density at radius 2 is 2.23 bits per heavy atom. The number of halogens is 2. The smallest absolute Gasteiger partial charge is 0.239 e. The number of hydrogen-bond donors (Lipinski definition) is 2. The van der Waals surface area contributed by atoms with Gasteiger partial charge >= 0.3 is 0 Å². The van der Waals surface area contributed by atoms with Gasteiger partial charge in [-0.2, -0.15) is 11.8 Å². The van der Waals surface area contributed by atoms with Crippen molar-refractivity contribution in [1.82, 2.24) is 5.32 Å². The molecule has 1 aromatic rings. The third kappa shape index (κ3) is 9.53. The summed E-state index contributed by atoms with van der Waals surface area (Å²) in [7, 11) is 1.52. The zero-order valence-corrected chi connectivity index (χ0v) is 15.6. The molecule has 22 heavy (non-hydrogen) atoms. The monoisotopic (exact) mass is 412 g/mol. The Labute approximate surface area is 150 Å². The molecule has 1 aromatic carbocycles. The summed E-state index contributed by atoms with van der Waals surface area (Å²) < 4.78 is 11.4. The molecule has 1 rings (SSSR count). The van der Waals surface area contributed by atoms with Crippen LogP contribution >= 0.6 is 40.1 Å². The van der Waals surface area contributed by atoms with Gasteiger partial charge in [0, 0.05) is 29.6 Å². The van der Waals surface area contributed by atoms with Crippen LogP contribution in [0.5, 0.6) is 5.75 Å². The Morgan fingerprint density at radius 1 is 1.45 bits per heavy atom. The van der Waals surface area contributed by atoms with Gasteiger partial charge in [0.05, 0.1) is 13.2 Å². The molecule has 0 heterocycles. The average Bonchev–Trinajstić information content (AvgIpc) is 2.46. The molecular weight excluding hydrogens is 392 g/mol. The quantitative estimate of drug-likeness (QED) is 0.575. The average molecular weight is 414 g/mol. The molecule has 0 saturated carbocycles. The summed E-state index contributed by atoms with van der Waals surface area (Å²) in [6, 6.07) is 7.15. The Balaban J connectivity index is 0.00000441. The highest BCUT2D eigenvalue weighted by Crippen LogP contribution is 2.17. The number of carbonyl (C=O) groups is 1. The van der Waals surface area contributed by atoms with Gasteiger partial charge in [-0.1, -0.05) is 22.0 Å². The van der Waals surface area contributed by atoms with Crippen molar-refractivity contribution in [3.8, 4) is 5.75 Å². The molecule has 126 valence electrons. The highest BCUT2D eigenvalue weighted by molar-refractivity contribution is 9.10. The SMILES string of the molecule is COCC(N)C(=O)NCCSCCOc1cccc(Br)c1.Cl. The van der Waals surface area contributed by atoms with Crippen LogP contribution in [0.2, 0.25) is 0 Å². The van der Waals surface area contributed by atoms with E-state index in [0.717, 1.165) is 21.7 Å². The predicted molar refractivity (Wildman–Crippen MR) is 97.1 cm³/mol. The summed E-state index contributed by atoms with van der Waals surface area (Å²) in [6.45, 7) is 1.47. The van der Waals surface area contributed by atoms with Gasteiger partial charge in [-0.3, -0.25) is 4.79 Å². The predicted octanol–water partition coefficient (Wildman–Crippen LogP) is 2.07. The van der Waals surface area contributed by atoms with E-state index in [1.165, 1.54) is 7.11 Å². The standard InChI is InChI=1S/C14H21BrN2O3S.ClH/c1-19-10-13(16)14(18)17-5-7-21-8-6-20-12-4-2-3-11(15)9-12;/h2-4,9,13H,5-8,10,16H2,1H3,(H,17,18);1H. The van der Waals surface area contributed by atoms with E-state index in [9.17, 15) is 4.79 Å². The van der Waals surface area contributed by atoms with Crippen molar-refractivity contribution in [1.29, 1.82) is 0 Å². The summed E-state index contributed by atoms with van der Waals surface area (Å²) in [5, 5.41) is 2.77. The number of amides is 1. The van der Waals surface area contributed by atoms with Gasteiger partial charge in [-0.25, -0.2) is 0 Å². The molecule has 0 aliphatic heterocycles. The van der Waals surface area contributed by atoms with Crippen molar-refractivity contribution < 1.29 is 14.3 Å². The second kappa shape index (κ2) is 13.0. The van der Waals surface area contributed by atoms with E-state index in [1.54, 1.807) is 11.8 Å². The second-order valence-corrected chi connectivity index (χ2v) is 6.41. The number of hydrogen-bond acceptors (Lipinski definition) is 5. The van der Waals surface area contributed by atoms with Crippen molar-refractivity contribution in [2.24, 2.45) is 5.73 Å². The van der Waals surface area contributed by atoms with Crippen molar-refractivity contribution in [3.05, 3.63) is 28.7 Å². The minimum Gasteiger partial charge on any atom is -0.493 e. The van der Waals surface area contributed by atoms with E-state index in [0.29, 0.717) is 13.2 Å². The Morgan fingerprint density at radius 3 is 2.91 bits per heavy atom. The lowest BCUT2D eigenvalue weighted by molar-refractivity contribution is -0.123. The van der Waals surface area contributed by atoms with Crippen molar-refractivity contribution in [2.75, 3.05) is 38.4 Å². The van der Waals surface area contributed by atoms with Crippen LogP contribution in [-0.4, -0.2) is 50.3 Å². The molecule has 0 aliphatic rings. The normalized spacial score (nSPS) is 11.4. The van der Waals surface area contributed by atoms with E-state index < -0.39 is 6.04 Å². The van der Waals surface area contributed by atoms with Crippen LogP contribution in [-0.2, 0) is 9.53 Å². The minimum atomic E-state index is -0.597. The van der Waals surface area contributed by atoms with Crippen molar-refractivity contribution >= 4 is 46.0 Å². The fourth-order valence-corrected chi connectivity index (χ4v) is 2.54. The van der Waals surface area contributed by atoms with Crippen molar-refractivity contribution in [3.63, 3.8) is 0 Å². The maximum absolute atomic E-state index is 11.5. The maximum atomic E-state index is 11.5. The van der Waals surface area contributed by atoms with Gasteiger partial charge in [0.25, 0.3) is 0 Å². The molecule has 0 bridgehead atoms. The molecule has 3 N–H and O–H groups in total. The molecule has 0 fully saturated rings. The molecule has 0 spiro atoms. The maximum Gasteiger partial charge on any atom is 0.239 e. The summed E-state index contributed by atoms with van der Waals surface area (Å²) >= 11 is 5.12. The third-order valence-corrected chi connectivity index (χ3v) is 3.96. The molecule has 0 aliphatic carbocycles. The fraction of sp³-hybridized carbons (Fsp3) is 0.500. The second-order valence-electron chi connectivity index (χ2n) is 4.27. The first kappa shape index (κ1) is 21.5. The fourth-order valence-electron chi connectivity index (χ4n) is 1.51. The molecule has 8 heteroatoms. The number of rotatable bonds is 10. The summed E-state index contributed by atoms with van der Waals surface area (Å²) in [6.07, 6.45) is 0. The van der Waals surface area contributed by atoms with Crippen LogP contribution in [0.4, 0.5) is 0 Å². The Kier molecular flexibility index (Phi) is 12.7. The summed E-state index contributed by atoms with van der Waals surface area (Å²) in [5.74, 6) is 2.37. The van der Waals surface area contributed by atoms with Gasteiger partial charge < -0.3 is 20.5 Å².